The van der Waals surface area contributed by atoms with Gasteiger partial charge < -0.3 is 14.6 Å². The number of para-hydroxylation sites is 1. The highest BCUT2D eigenvalue weighted by Crippen LogP contribution is 2.17. The van der Waals surface area contributed by atoms with Crippen LogP contribution in [-0.2, 0) is 14.3 Å². The Morgan fingerprint density at radius 2 is 1.71 bits per heavy atom. The van der Waals surface area contributed by atoms with Gasteiger partial charge in [0, 0.05) is 6.42 Å². The first-order valence-corrected chi connectivity index (χ1v) is 8.39. The molecule has 0 fully saturated rings. The maximum Gasteiger partial charge on any atom is 0.347 e. The largest absolute Gasteiger partial charge is 0.478 e. The molecule has 0 aromatic heterocycles. The second-order valence-electron chi connectivity index (χ2n) is 6.07. The Morgan fingerprint density at radius 3 is 2.17 bits per heavy atom. The summed E-state index contributed by atoms with van der Waals surface area (Å²) < 4.78 is 10.4. The number of benzene rings is 1. The number of carboxylic acid groups (broad SMARTS) is 1. The van der Waals surface area contributed by atoms with Gasteiger partial charge in [-0.1, -0.05) is 38.5 Å². The zero-order chi connectivity index (χ0) is 18.6. The lowest BCUT2D eigenvalue weighted by molar-refractivity contribution is -0.152. The summed E-state index contributed by atoms with van der Waals surface area (Å²) in [5.74, 6) is -0.472. The molecule has 0 aliphatic rings. The lowest BCUT2D eigenvalue weighted by Gasteiger charge is -2.21. The number of ether oxygens (including phenoxy) is 2. The molecule has 24 heavy (non-hydrogen) atoms. The van der Waals surface area contributed by atoms with Crippen molar-refractivity contribution >= 4 is 11.9 Å². The van der Waals surface area contributed by atoms with Crippen LogP contribution in [0.3, 0.4) is 0 Å². The van der Waals surface area contributed by atoms with E-state index in [0.717, 1.165) is 19.3 Å². The van der Waals surface area contributed by atoms with Crippen molar-refractivity contribution in [3.63, 3.8) is 0 Å². The van der Waals surface area contributed by atoms with Crippen molar-refractivity contribution in [1.82, 2.24) is 0 Å². The molecule has 5 heteroatoms. The normalized spacial score (nSPS) is 11.7. The lowest BCUT2D eigenvalue weighted by Crippen LogP contribution is -2.37. The Morgan fingerprint density at radius 1 is 1.12 bits per heavy atom. The molecule has 0 amide bonds. The third-order valence-electron chi connectivity index (χ3n) is 3.11. The summed E-state index contributed by atoms with van der Waals surface area (Å²) in [5.41, 5.74) is -1.18. The Kier molecular flexibility index (Phi) is 10.5. The van der Waals surface area contributed by atoms with E-state index in [1.807, 2.05) is 19.9 Å². The Balaban J connectivity index is 0.000000449. The molecule has 1 N–H and O–H groups in total. The van der Waals surface area contributed by atoms with Gasteiger partial charge in [-0.05, 0) is 45.7 Å². The molecule has 0 aliphatic carbocycles. The summed E-state index contributed by atoms with van der Waals surface area (Å²) in [6, 6.07) is 8.90. The van der Waals surface area contributed by atoms with Crippen molar-refractivity contribution in [2.24, 2.45) is 0 Å². The van der Waals surface area contributed by atoms with Gasteiger partial charge in [-0.2, -0.15) is 0 Å². The Hall–Kier alpha value is -2.04. The molecule has 136 valence electrons. The predicted octanol–water partition coefficient (Wildman–Crippen LogP) is 4.45. The summed E-state index contributed by atoms with van der Waals surface area (Å²) in [4.78, 5) is 21.6. The van der Waals surface area contributed by atoms with E-state index in [0.29, 0.717) is 12.2 Å². The monoisotopic (exact) mass is 338 g/mol. The highest BCUT2D eigenvalue weighted by molar-refractivity contribution is 5.76. The van der Waals surface area contributed by atoms with Crippen molar-refractivity contribution in [3.05, 3.63) is 30.3 Å². The molecule has 1 atom stereocenters. The van der Waals surface area contributed by atoms with Gasteiger partial charge in [0.05, 0.1) is 6.10 Å². The summed E-state index contributed by atoms with van der Waals surface area (Å²) >= 11 is 0. The maximum atomic E-state index is 10.9. The zero-order valence-electron chi connectivity index (χ0n) is 15.4. The minimum atomic E-state index is -1.18. The fourth-order valence-corrected chi connectivity index (χ4v) is 1.78. The second kappa shape index (κ2) is 11.5. The smallest absolute Gasteiger partial charge is 0.347 e. The molecule has 1 rings (SSSR count). The first kappa shape index (κ1) is 22.0. The zero-order valence-corrected chi connectivity index (χ0v) is 15.4. The third kappa shape index (κ3) is 9.87. The number of aliphatic carboxylic acids is 1. The van der Waals surface area contributed by atoms with Gasteiger partial charge >= 0.3 is 11.9 Å². The molecule has 1 aromatic rings. The van der Waals surface area contributed by atoms with E-state index in [4.69, 9.17) is 14.6 Å². The molecule has 0 spiro atoms. The molecule has 1 unspecified atom stereocenters. The Labute approximate surface area is 145 Å². The minimum Gasteiger partial charge on any atom is -0.478 e. The number of rotatable bonds is 8. The van der Waals surface area contributed by atoms with Crippen LogP contribution in [0.1, 0.15) is 60.3 Å². The van der Waals surface area contributed by atoms with Gasteiger partial charge in [0.25, 0.3) is 0 Å². The fraction of sp³-hybridized carbons (Fsp3) is 0.579. The van der Waals surface area contributed by atoms with Gasteiger partial charge in [-0.3, -0.25) is 4.79 Å². The van der Waals surface area contributed by atoms with E-state index in [1.54, 1.807) is 24.3 Å². The van der Waals surface area contributed by atoms with E-state index in [-0.39, 0.29) is 12.1 Å². The highest BCUT2D eigenvalue weighted by Gasteiger charge is 2.29. The average molecular weight is 338 g/mol. The van der Waals surface area contributed by atoms with E-state index < -0.39 is 11.6 Å². The van der Waals surface area contributed by atoms with Gasteiger partial charge in [-0.25, -0.2) is 4.79 Å². The standard InChI is InChI=1S/C10H12O3.C9H18O2/c1-10(2,9(11)12)13-8-6-4-3-5-7-8;1-4-6-8(3)11-9(10)7-5-2/h3-7H,1-2H3,(H,11,12);8H,4-7H2,1-3H3. The van der Waals surface area contributed by atoms with Gasteiger partial charge in [-0.15, -0.1) is 0 Å². The molecule has 0 saturated carbocycles. The number of esters is 1. The molecular formula is C19H30O5. The fourth-order valence-electron chi connectivity index (χ4n) is 1.78. The predicted molar refractivity (Wildman–Crippen MR) is 94.2 cm³/mol. The van der Waals surface area contributed by atoms with E-state index in [9.17, 15) is 9.59 Å². The molecule has 1 aromatic carbocycles. The highest BCUT2D eigenvalue weighted by atomic mass is 16.5. The SMILES string of the molecule is CC(C)(Oc1ccccc1)C(=O)O.CCCC(=O)OC(C)CCC. The quantitative estimate of drug-likeness (QED) is 0.709. The number of hydrogen-bond acceptors (Lipinski definition) is 4. The second-order valence-corrected chi connectivity index (χ2v) is 6.07. The van der Waals surface area contributed by atoms with E-state index in [1.165, 1.54) is 13.8 Å². The van der Waals surface area contributed by atoms with Crippen molar-refractivity contribution in [1.29, 1.82) is 0 Å². The van der Waals surface area contributed by atoms with Crippen LogP contribution in [0, 0.1) is 0 Å². The lowest BCUT2D eigenvalue weighted by atomic mass is 10.1. The van der Waals surface area contributed by atoms with Crippen LogP contribution in [0.25, 0.3) is 0 Å². The van der Waals surface area contributed by atoms with Crippen molar-refractivity contribution in [3.8, 4) is 5.75 Å². The van der Waals surface area contributed by atoms with Crippen LogP contribution in [0.4, 0.5) is 0 Å². The number of carbonyl (C=O) groups excluding carboxylic acids is 1. The summed E-state index contributed by atoms with van der Waals surface area (Å²) in [6.07, 6.45) is 3.56. The Bertz CT molecular complexity index is 482. The number of carbonyl (C=O) groups is 2. The van der Waals surface area contributed by atoms with Crippen LogP contribution < -0.4 is 4.74 Å². The van der Waals surface area contributed by atoms with Crippen molar-refractivity contribution in [2.45, 2.75) is 72.0 Å². The average Bonchev–Trinajstić information content (AvgIpc) is 2.48. The van der Waals surface area contributed by atoms with Crippen LogP contribution in [0.15, 0.2) is 30.3 Å². The van der Waals surface area contributed by atoms with Crippen LogP contribution >= 0.6 is 0 Å². The van der Waals surface area contributed by atoms with E-state index >= 15 is 0 Å². The first-order valence-electron chi connectivity index (χ1n) is 8.39. The summed E-state index contributed by atoms with van der Waals surface area (Å²) in [7, 11) is 0. The minimum absolute atomic E-state index is 0.0616. The van der Waals surface area contributed by atoms with E-state index in [2.05, 4.69) is 6.92 Å². The molecule has 0 heterocycles. The van der Waals surface area contributed by atoms with Crippen molar-refractivity contribution < 1.29 is 24.2 Å². The summed E-state index contributed by atoms with van der Waals surface area (Å²) in [6.45, 7) is 9.04. The molecule has 0 saturated heterocycles. The van der Waals surface area contributed by atoms with Gasteiger partial charge in [0.1, 0.15) is 5.75 Å². The number of hydrogen-bond donors (Lipinski definition) is 1. The molecule has 0 radical (unpaired) electrons. The molecular weight excluding hydrogens is 308 g/mol. The maximum absolute atomic E-state index is 10.9. The van der Waals surface area contributed by atoms with Gasteiger partial charge in [0.15, 0.2) is 5.60 Å². The summed E-state index contributed by atoms with van der Waals surface area (Å²) in [5, 5.41) is 8.78. The molecule has 0 bridgehead atoms. The number of carboxylic acids is 1. The van der Waals surface area contributed by atoms with Crippen LogP contribution in [0.2, 0.25) is 0 Å². The van der Waals surface area contributed by atoms with Crippen LogP contribution in [0.5, 0.6) is 5.75 Å². The topological polar surface area (TPSA) is 72.8 Å². The molecule has 0 aliphatic heterocycles. The van der Waals surface area contributed by atoms with Crippen LogP contribution in [-0.4, -0.2) is 28.8 Å². The first-order chi connectivity index (χ1) is 11.2. The van der Waals surface area contributed by atoms with Gasteiger partial charge in [0.2, 0.25) is 0 Å². The molecule has 5 nitrogen and oxygen atoms in total. The van der Waals surface area contributed by atoms with Crippen molar-refractivity contribution in [2.75, 3.05) is 0 Å². The third-order valence-corrected chi connectivity index (χ3v) is 3.11.